The predicted molar refractivity (Wildman–Crippen MR) is 154 cm³/mol. The van der Waals surface area contributed by atoms with Crippen molar-refractivity contribution in [3.63, 3.8) is 0 Å². The van der Waals surface area contributed by atoms with Gasteiger partial charge in [0.05, 0.1) is 12.6 Å². The van der Waals surface area contributed by atoms with Crippen molar-refractivity contribution < 1.29 is 23.0 Å². The molecule has 0 saturated heterocycles. The minimum atomic E-state index is -2.71. The number of aromatic nitrogens is 2. The van der Waals surface area contributed by atoms with E-state index >= 15 is 0 Å². The minimum Gasteiger partial charge on any atom is -0.497 e. The fourth-order valence-corrected chi connectivity index (χ4v) is 4.48. The summed E-state index contributed by atoms with van der Waals surface area (Å²) in [6.07, 6.45) is 1.87. The lowest BCUT2D eigenvalue weighted by Crippen LogP contribution is -2.51. The number of amides is 1. The number of nitrogens with two attached hydrogens (primary N) is 1. The summed E-state index contributed by atoms with van der Waals surface area (Å²) in [5, 5.41) is 14.2. The predicted octanol–water partition coefficient (Wildman–Crippen LogP) is 5.29. The zero-order chi connectivity index (χ0) is 29.0. The topological polar surface area (TPSA) is 135 Å². The first kappa shape index (κ1) is 27.5. The standard InChI is InChI=1S/C30H28F2N6O3/c1-40-23-9-10-26-25(12-23)29(36-21-7-5-18(6-8-21)20(15-33)16-34)38-28(37-26)19-3-2-4-24(11-19)41-17-27(39)35-22-13-30(31,32)14-22/h2-12,15-16,22,33H,13-14,17,34H2,1H3,(H,35,39)(H,36,37,38)/b20-16+,33-15?. The first-order chi connectivity index (χ1) is 19.8. The van der Waals surface area contributed by atoms with Crippen LogP contribution in [0.2, 0.25) is 0 Å². The third kappa shape index (κ3) is 6.40. The molecule has 4 aromatic rings. The number of ether oxygens (including phenoxy) is 2. The molecule has 1 heterocycles. The van der Waals surface area contributed by atoms with Gasteiger partial charge in [-0.3, -0.25) is 4.79 Å². The zero-order valence-electron chi connectivity index (χ0n) is 22.2. The van der Waals surface area contributed by atoms with Gasteiger partial charge >= 0.3 is 0 Å². The minimum absolute atomic E-state index is 0.300. The lowest BCUT2D eigenvalue weighted by Gasteiger charge is -2.35. The molecule has 0 unspecified atom stereocenters. The van der Waals surface area contributed by atoms with Crippen LogP contribution in [0.3, 0.4) is 0 Å². The Kier molecular flexibility index (Phi) is 7.77. The Bertz CT molecular complexity index is 1620. The number of carbonyl (C=O) groups is 1. The van der Waals surface area contributed by atoms with Crippen molar-refractivity contribution in [1.29, 1.82) is 5.41 Å². The second-order valence-electron chi connectivity index (χ2n) is 9.59. The molecule has 1 fully saturated rings. The molecule has 1 aromatic heterocycles. The molecular weight excluding hydrogens is 530 g/mol. The van der Waals surface area contributed by atoms with Crippen LogP contribution in [0.4, 0.5) is 20.3 Å². The Morgan fingerprint density at radius 2 is 1.88 bits per heavy atom. The molecule has 1 amide bonds. The summed E-state index contributed by atoms with van der Waals surface area (Å²) in [6, 6.07) is 19.4. The summed E-state index contributed by atoms with van der Waals surface area (Å²) in [7, 11) is 1.58. The van der Waals surface area contributed by atoms with E-state index < -0.39 is 17.9 Å². The number of rotatable bonds is 10. The molecule has 11 heteroatoms. The number of methoxy groups -OCH3 is 1. The van der Waals surface area contributed by atoms with Gasteiger partial charge in [-0.25, -0.2) is 18.7 Å². The van der Waals surface area contributed by atoms with Gasteiger partial charge in [-0.2, -0.15) is 0 Å². The van der Waals surface area contributed by atoms with E-state index in [-0.39, 0.29) is 19.4 Å². The molecule has 1 saturated carbocycles. The summed E-state index contributed by atoms with van der Waals surface area (Å²) in [6.45, 7) is -0.300. The maximum absolute atomic E-state index is 13.0. The fourth-order valence-electron chi connectivity index (χ4n) is 4.48. The first-order valence-corrected chi connectivity index (χ1v) is 12.8. The molecule has 0 aliphatic heterocycles. The van der Waals surface area contributed by atoms with E-state index in [9.17, 15) is 13.6 Å². The number of carbonyl (C=O) groups excluding carboxylic acids is 1. The summed E-state index contributed by atoms with van der Waals surface area (Å²) >= 11 is 0. The highest BCUT2D eigenvalue weighted by atomic mass is 19.3. The molecule has 1 aliphatic rings. The second kappa shape index (κ2) is 11.6. The van der Waals surface area contributed by atoms with Gasteiger partial charge in [0.25, 0.3) is 11.8 Å². The van der Waals surface area contributed by atoms with Crippen LogP contribution in [0, 0.1) is 5.41 Å². The Labute approximate surface area is 234 Å². The molecule has 41 heavy (non-hydrogen) atoms. The van der Waals surface area contributed by atoms with Crippen LogP contribution in [-0.4, -0.2) is 47.8 Å². The molecule has 0 spiro atoms. The average Bonchev–Trinajstić information content (AvgIpc) is 2.96. The SMILES string of the molecule is COc1ccc2nc(-c3cccc(OCC(=O)NC4CC(F)(F)C4)c3)nc(Nc3ccc(/C(C=N)=C/N)cc3)c2c1. The molecule has 0 radical (unpaired) electrons. The van der Waals surface area contributed by atoms with Crippen LogP contribution in [0.15, 0.2) is 72.9 Å². The first-order valence-electron chi connectivity index (χ1n) is 12.8. The summed E-state index contributed by atoms with van der Waals surface area (Å²) in [5.41, 5.74) is 9.10. The van der Waals surface area contributed by atoms with Gasteiger partial charge in [0.1, 0.15) is 17.3 Å². The van der Waals surface area contributed by atoms with Crippen molar-refractivity contribution in [1.82, 2.24) is 15.3 Å². The van der Waals surface area contributed by atoms with Gasteiger partial charge in [-0.05, 0) is 48.0 Å². The number of allylic oxidation sites excluding steroid dienone is 1. The molecule has 0 bridgehead atoms. The number of alkyl halides is 2. The van der Waals surface area contributed by atoms with Crippen molar-refractivity contribution in [2.75, 3.05) is 19.0 Å². The van der Waals surface area contributed by atoms with Crippen LogP contribution < -0.4 is 25.8 Å². The number of hydrogen-bond acceptors (Lipinski definition) is 8. The Morgan fingerprint density at radius 1 is 1.10 bits per heavy atom. The van der Waals surface area contributed by atoms with Crippen LogP contribution in [0.25, 0.3) is 27.9 Å². The number of fused-ring (bicyclic) bond motifs is 1. The van der Waals surface area contributed by atoms with Crippen molar-refractivity contribution in [3.05, 3.63) is 78.5 Å². The summed E-state index contributed by atoms with van der Waals surface area (Å²) < 4.78 is 37.1. The largest absolute Gasteiger partial charge is 0.497 e. The Hall–Kier alpha value is -5.06. The highest BCUT2D eigenvalue weighted by Crippen LogP contribution is 2.37. The van der Waals surface area contributed by atoms with Crippen molar-refractivity contribution in [2.24, 2.45) is 5.73 Å². The maximum Gasteiger partial charge on any atom is 0.258 e. The smallest absolute Gasteiger partial charge is 0.258 e. The quantitative estimate of drug-likeness (QED) is 0.194. The third-order valence-corrected chi connectivity index (χ3v) is 6.64. The fraction of sp³-hybridized carbons (Fsp3) is 0.200. The number of hydrogen-bond donors (Lipinski definition) is 4. The van der Waals surface area contributed by atoms with E-state index in [4.69, 9.17) is 30.6 Å². The lowest BCUT2D eigenvalue weighted by atomic mass is 9.88. The molecule has 0 atom stereocenters. The van der Waals surface area contributed by atoms with Gasteiger partial charge < -0.3 is 31.3 Å². The van der Waals surface area contributed by atoms with E-state index in [1.165, 1.54) is 12.4 Å². The normalized spacial score (nSPS) is 14.7. The van der Waals surface area contributed by atoms with Crippen LogP contribution in [0.1, 0.15) is 18.4 Å². The monoisotopic (exact) mass is 558 g/mol. The average molecular weight is 559 g/mol. The number of nitrogens with zero attached hydrogens (tertiary/aromatic N) is 2. The van der Waals surface area contributed by atoms with Gasteiger partial charge in [-0.1, -0.05) is 24.3 Å². The maximum atomic E-state index is 13.0. The summed E-state index contributed by atoms with van der Waals surface area (Å²) in [5.74, 6) is -1.14. The van der Waals surface area contributed by atoms with Crippen molar-refractivity contribution in [2.45, 2.75) is 24.8 Å². The number of halogens is 2. The zero-order valence-corrected chi connectivity index (χ0v) is 22.2. The van der Waals surface area contributed by atoms with E-state index in [1.54, 1.807) is 25.3 Å². The molecule has 1 aliphatic carbocycles. The second-order valence-corrected chi connectivity index (χ2v) is 9.59. The number of benzene rings is 3. The molecule has 210 valence electrons. The van der Waals surface area contributed by atoms with Gasteiger partial charge in [0.2, 0.25) is 0 Å². The molecular formula is C30H28F2N6O3. The van der Waals surface area contributed by atoms with E-state index in [0.29, 0.717) is 39.8 Å². The molecule has 3 aromatic carbocycles. The molecule has 9 nitrogen and oxygen atoms in total. The number of anilines is 2. The number of nitrogens with one attached hydrogen (secondary N) is 3. The molecule has 5 N–H and O–H groups in total. The Balaban J connectivity index is 1.39. The van der Waals surface area contributed by atoms with Gasteiger partial charge in [0, 0.05) is 53.5 Å². The van der Waals surface area contributed by atoms with E-state index in [0.717, 1.165) is 16.6 Å². The van der Waals surface area contributed by atoms with Crippen LogP contribution in [-0.2, 0) is 4.79 Å². The highest BCUT2D eigenvalue weighted by Gasteiger charge is 2.45. The lowest BCUT2D eigenvalue weighted by molar-refractivity contribution is -0.131. The van der Waals surface area contributed by atoms with Crippen LogP contribution in [0.5, 0.6) is 11.5 Å². The van der Waals surface area contributed by atoms with Crippen LogP contribution >= 0.6 is 0 Å². The van der Waals surface area contributed by atoms with E-state index in [1.807, 2.05) is 48.5 Å². The summed E-state index contributed by atoms with van der Waals surface area (Å²) in [4.78, 5) is 21.7. The molecule has 5 rings (SSSR count). The Morgan fingerprint density at radius 3 is 2.56 bits per heavy atom. The van der Waals surface area contributed by atoms with Gasteiger partial charge in [-0.15, -0.1) is 0 Å². The van der Waals surface area contributed by atoms with Crippen molar-refractivity contribution in [3.8, 4) is 22.9 Å². The van der Waals surface area contributed by atoms with Gasteiger partial charge in [0.15, 0.2) is 12.4 Å². The van der Waals surface area contributed by atoms with Crippen molar-refractivity contribution >= 4 is 40.1 Å². The third-order valence-electron chi connectivity index (χ3n) is 6.64. The van der Waals surface area contributed by atoms with E-state index in [2.05, 4.69) is 10.6 Å². The highest BCUT2D eigenvalue weighted by molar-refractivity contribution is 6.08.